The molecule has 222 valence electrons. The molecular weight excluding hydrogens is 536 g/mol. The van der Waals surface area contributed by atoms with Crippen LogP contribution in [0.15, 0.2) is 155 Å². The van der Waals surface area contributed by atoms with E-state index in [0.29, 0.717) is 11.4 Å². The van der Waals surface area contributed by atoms with Crippen molar-refractivity contribution < 1.29 is 0 Å². The first-order valence-electron chi connectivity index (χ1n) is 14.8. The summed E-state index contributed by atoms with van der Waals surface area (Å²) in [6.07, 6.45) is 14.1. The third-order valence-corrected chi connectivity index (χ3v) is 7.70. The second-order valence-corrected chi connectivity index (χ2v) is 12.0. The summed E-state index contributed by atoms with van der Waals surface area (Å²) >= 11 is 0. The zero-order chi connectivity index (χ0) is 31.9. The molecule has 1 unspecified atom stereocenters. The molecule has 0 radical (unpaired) electrons. The molecule has 0 saturated carbocycles. The Balaban J connectivity index is 1.77. The highest BCUT2D eigenvalue weighted by atomic mass is 15.1. The third kappa shape index (κ3) is 7.84. The summed E-state index contributed by atoms with van der Waals surface area (Å²) < 4.78 is 0. The SMILES string of the molecule is C=N/C(=N\C(=N)c1cc(C)ccc1N1/C=C\C=C/C(=C)C(=C)/C=C(C(C)c2ccc(C(C)(C)C)cc2)\C=C/1)c1ccccc1. The van der Waals surface area contributed by atoms with Gasteiger partial charge in [0.1, 0.15) is 0 Å². The number of benzene rings is 3. The van der Waals surface area contributed by atoms with E-state index in [9.17, 15) is 0 Å². The van der Waals surface area contributed by atoms with Gasteiger partial charge in [-0.15, -0.1) is 0 Å². The van der Waals surface area contributed by atoms with Crippen LogP contribution in [0.2, 0.25) is 0 Å². The van der Waals surface area contributed by atoms with Gasteiger partial charge >= 0.3 is 0 Å². The summed E-state index contributed by atoms with van der Waals surface area (Å²) in [4.78, 5) is 10.7. The third-order valence-electron chi connectivity index (χ3n) is 7.70. The molecule has 3 aromatic rings. The number of amidine groups is 2. The van der Waals surface area contributed by atoms with Crippen molar-refractivity contribution in [1.29, 1.82) is 5.41 Å². The zero-order valence-electron chi connectivity index (χ0n) is 26.5. The topological polar surface area (TPSA) is 51.8 Å². The molecule has 4 rings (SSSR count). The van der Waals surface area contributed by atoms with Crippen LogP contribution in [-0.4, -0.2) is 18.4 Å². The van der Waals surface area contributed by atoms with E-state index in [-0.39, 0.29) is 17.2 Å². The van der Waals surface area contributed by atoms with Gasteiger partial charge in [0.25, 0.3) is 0 Å². The smallest absolute Gasteiger partial charge is 0.161 e. The van der Waals surface area contributed by atoms with Crippen LogP contribution in [0, 0.1) is 12.3 Å². The van der Waals surface area contributed by atoms with Crippen LogP contribution in [0.4, 0.5) is 5.69 Å². The van der Waals surface area contributed by atoms with Gasteiger partial charge in [0.2, 0.25) is 0 Å². The minimum absolute atomic E-state index is 0.0912. The molecule has 1 N–H and O–H groups in total. The molecule has 0 aromatic heterocycles. The lowest BCUT2D eigenvalue weighted by Gasteiger charge is -2.22. The highest BCUT2D eigenvalue weighted by Crippen LogP contribution is 2.31. The van der Waals surface area contributed by atoms with Crippen molar-refractivity contribution in [3.63, 3.8) is 0 Å². The maximum Gasteiger partial charge on any atom is 0.161 e. The molecule has 0 spiro atoms. The van der Waals surface area contributed by atoms with Crippen molar-refractivity contribution in [3.05, 3.63) is 173 Å². The molecule has 0 saturated heterocycles. The fourth-order valence-corrected chi connectivity index (χ4v) is 4.88. The van der Waals surface area contributed by atoms with Crippen LogP contribution in [0.25, 0.3) is 0 Å². The Labute approximate surface area is 263 Å². The fourth-order valence-electron chi connectivity index (χ4n) is 4.88. The molecule has 0 amide bonds. The van der Waals surface area contributed by atoms with E-state index in [1.807, 2.05) is 91.0 Å². The number of aryl methyl sites for hydroxylation is 1. The molecular formula is C40H42N4. The van der Waals surface area contributed by atoms with E-state index >= 15 is 0 Å². The Morgan fingerprint density at radius 2 is 1.57 bits per heavy atom. The predicted molar refractivity (Wildman–Crippen MR) is 190 cm³/mol. The van der Waals surface area contributed by atoms with Gasteiger partial charge in [0.05, 0.1) is 5.69 Å². The van der Waals surface area contributed by atoms with E-state index in [2.05, 4.69) is 94.0 Å². The first-order chi connectivity index (χ1) is 21.0. The number of nitrogens with one attached hydrogen (secondary N) is 1. The van der Waals surface area contributed by atoms with Crippen molar-refractivity contribution in [2.24, 2.45) is 9.98 Å². The number of anilines is 1. The Morgan fingerprint density at radius 3 is 2.23 bits per heavy atom. The van der Waals surface area contributed by atoms with E-state index in [1.54, 1.807) is 0 Å². The maximum absolute atomic E-state index is 9.02. The second-order valence-electron chi connectivity index (χ2n) is 12.0. The first-order valence-corrected chi connectivity index (χ1v) is 14.8. The van der Waals surface area contributed by atoms with E-state index < -0.39 is 0 Å². The predicted octanol–water partition coefficient (Wildman–Crippen LogP) is 10.0. The van der Waals surface area contributed by atoms with Gasteiger partial charge in [-0.25, -0.2) is 9.98 Å². The Kier molecular flexibility index (Phi) is 10.1. The monoisotopic (exact) mass is 578 g/mol. The number of rotatable bonds is 5. The molecule has 0 bridgehead atoms. The van der Waals surface area contributed by atoms with Crippen LogP contribution in [0.1, 0.15) is 61.4 Å². The molecule has 1 aliphatic heterocycles. The largest absolute Gasteiger partial charge is 0.323 e. The lowest BCUT2D eigenvalue weighted by atomic mass is 9.84. The molecule has 1 aliphatic rings. The maximum atomic E-state index is 9.02. The Hall–Kier alpha value is -5.09. The molecule has 4 nitrogen and oxygen atoms in total. The lowest BCUT2D eigenvalue weighted by Crippen LogP contribution is -2.13. The van der Waals surface area contributed by atoms with Crippen molar-refractivity contribution in [2.75, 3.05) is 4.90 Å². The summed E-state index contributed by atoms with van der Waals surface area (Å²) in [5.41, 5.74) is 8.76. The summed E-state index contributed by atoms with van der Waals surface area (Å²) in [6, 6.07) is 24.5. The first kappa shape index (κ1) is 31.8. The van der Waals surface area contributed by atoms with Gasteiger partial charge in [0, 0.05) is 29.4 Å². The number of nitrogens with zero attached hydrogens (tertiary/aromatic N) is 3. The molecule has 3 aromatic carbocycles. The summed E-state index contributed by atoms with van der Waals surface area (Å²) in [6.45, 7) is 23.1. The summed E-state index contributed by atoms with van der Waals surface area (Å²) in [5.74, 6) is 0.613. The van der Waals surface area contributed by atoms with Gasteiger partial charge in [-0.05, 0) is 71.2 Å². The van der Waals surface area contributed by atoms with Gasteiger partial charge in [-0.2, -0.15) is 0 Å². The fraction of sp³-hybridized carbons (Fsp3) is 0.175. The molecule has 1 atom stereocenters. The number of allylic oxidation sites excluding steroid dienone is 8. The minimum atomic E-state index is 0.0912. The van der Waals surface area contributed by atoms with Crippen LogP contribution >= 0.6 is 0 Å². The molecule has 4 heteroatoms. The number of hydrogen-bond donors (Lipinski definition) is 1. The van der Waals surface area contributed by atoms with Crippen LogP contribution < -0.4 is 4.90 Å². The normalized spacial score (nSPS) is 18.4. The number of hydrogen-bond acceptors (Lipinski definition) is 2. The van der Waals surface area contributed by atoms with Crippen LogP contribution in [0.5, 0.6) is 0 Å². The standard InChI is InChI=1S/C40H42N4/c1-28-17-22-37(36(26-28)38(41)43-39(42-8)33-15-10-9-11-16-33)44-24-13-12-14-29(2)30(3)27-34(23-25-44)31(4)32-18-20-35(21-19-32)40(5,6)7/h9-27,31,41H,2-3,8H2,1,4-7H3/b14-12-,24-13-,25-23-,34-27+,41-38?,43-39-. The summed E-state index contributed by atoms with van der Waals surface area (Å²) in [7, 11) is 0. The average Bonchev–Trinajstić information content (AvgIpc) is 3.04. The van der Waals surface area contributed by atoms with Crippen molar-refractivity contribution in [2.45, 2.75) is 46.0 Å². The summed E-state index contributed by atoms with van der Waals surface area (Å²) in [5, 5.41) is 9.02. The minimum Gasteiger partial charge on any atom is -0.323 e. The van der Waals surface area contributed by atoms with Crippen molar-refractivity contribution in [3.8, 4) is 0 Å². The zero-order valence-corrected chi connectivity index (χ0v) is 26.5. The van der Waals surface area contributed by atoms with E-state index in [1.165, 1.54) is 11.1 Å². The molecule has 1 heterocycles. The van der Waals surface area contributed by atoms with E-state index in [4.69, 9.17) is 5.41 Å². The van der Waals surface area contributed by atoms with E-state index in [0.717, 1.165) is 33.5 Å². The highest BCUT2D eigenvalue weighted by molar-refractivity contribution is 6.13. The molecule has 44 heavy (non-hydrogen) atoms. The molecule has 0 fully saturated rings. The van der Waals surface area contributed by atoms with Gasteiger partial charge in [0.15, 0.2) is 11.7 Å². The lowest BCUT2D eigenvalue weighted by molar-refractivity contribution is 0.590. The van der Waals surface area contributed by atoms with Gasteiger partial charge in [-0.3, -0.25) is 5.41 Å². The Bertz CT molecular complexity index is 1710. The quantitative estimate of drug-likeness (QED) is 0.238. The average molecular weight is 579 g/mol. The van der Waals surface area contributed by atoms with Gasteiger partial charge < -0.3 is 4.90 Å². The number of aliphatic imine (C=N–C) groups is 2. The van der Waals surface area contributed by atoms with Crippen molar-refractivity contribution in [1.82, 2.24) is 0 Å². The van der Waals surface area contributed by atoms with Crippen molar-refractivity contribution >= 4 is 24.1 Å². The highest BCUT2D eigenvalue weighted by Gasteiger charge is 2.17. The van der Waals surface area contributed by atoms with Gasteiger partial charge in [-0.1, -0.05) is 125 Å². The Morgan fingerprint density at radius 1 is 0.864 bits per heavy atom. The van der Waals surface area contributed by atoms with Crippen LogP contribution in [0.3, 0.4) is 0 Å². The van der Waals surface area contributed by atoms with Crippen LogP contribution in [-0.2, 0) is 5.41 Å². The second kappa shape index (κ2) is 13.9. The molecule has 0 aliphatic carbocycles.